The molecule has 7 heteroatoms. The van der Waals surface area contributed by atoms with Crippen LogP contribution in [0.4, 0.5) is 11.9 Å². The maximum Gasteiger partial charge on any atom is 0.237 e. The van der Waals surface area contributed by atoms with Crippen molar-refractivity contribution in [2.24, 2.45) is 5.73 Å². The molecule has 0 aliphatic carbocycles. The van der Waals surface area contributed by atoms with Crippen molar-refractivity contribution in [2.75, 3.05) is 17.2 Å². The van der Waals surface area contributed by atoms with Crippen LogP contribution >= 0.6 is 0 Å². The number of carbonyl (C=O) groups is 1. The summed E-state index contributed by atoms with van der Waals surface area (Å²) in [5.74, 6) is 0.694. The molecule has 2 aromatic rings. The summed E-state index contributed by atoms with van der Waals surface area (Å²) in [5, 5.41) is 0. The lowest BCUT2D eigenvalue weighted by atomic mass is 10.2. The zero-order chi connectivity index (χ0) is 14.1. The highest BCUT2D eigenvalue weighted by atomic mass is 16.2. The number of carbonyl (C=O) groups excluding carboxylic acids is 1. The lowest BCUT2D eigenvalue weighted by Gasteiger charge is -2.14. The Morgan fingerprint density at radius 3 is 2.55 bits per heavy atom. The first kappa shape index (κ1) is 12.5. The number of hydrogen-bond acceptors (Lipinski definition) is 6. The third-order valence-corrected chi connectivity index (χ3v) is 3.07. The van der Waals surface area contributed by atoms with E-state index in [1.165, 1.54) is 4.90 Å². The van der Waals surface area contributed by atoms with Crippen LogP contribution in [0.2, 0.25) is 0 Å². The summed E-state index contributed by atoms with van der Waals surface area (Å²) in [5.41, 5.74) is 12.3. The maximum absolute atomic E-state index is 11.8. The van der Waals surface area contributed by atoms with Gasteiger partial charge in [-0.2, -0.15) is 15.0 Å². The highest BCUT2D eigenvalue weighted by Gasteiger charge is 2.30. The fourth-order valence-corrected chi connectivity index (χ4v) is 2.15. The number of nitrogens with zero attached hydrogens (tertiary/aromatic N) is 4. The van der Waals surface area contributed by atoms with E-state index in [9.17, 15) is 4.79 Å². The molecule has 1 aromatic carbocycles. The molecule has 0 spiro atoms. The van der Waals surface area contributed by atoms with Crippen molar-refractivity contribution < 1.29 is 4.79 Å². The van der Waals surface area contributed by atoms with E-state index in [0.29, 0.717) is 18.8 Å². The van der Waals surface area contributed by atoms with Crippen molar-refractivity contribution >= 4 is 17.8 Å². The van der Waals surface area contributed by atoms with Gasteiger partial charge in [0.1, 0.15) is 0 Å². The predicted molar refractivity (Wildman–Crippen MR) is 74.6 cm³/mol. The minimum absolute atomic E-state index is 0.0853. The number of benzene rings is 1. The smallest absolute Gasteiger partial charge is 0.237 e. The van der Waals surface area contributed by atoms with Crippen LogP contribution < -0.4 is 16.4 Å². The van der Waals surface area contributed by atoms with Gasteiger partial charge in [0.25, 0.3) is 0 Å². The van der Waals surface area contributed by atoms with E-state index in [0.717, 1.165) is 5.56 Å². The van der Waals surface area contributed by atoms with Crippen molar-refractivity contribution in [3.05, 3.63) is 30.3 Å². The molecule has 0 saturated carbocycles. The molecule has 1 atom stereocenters. The van der Waals surface area contributed by atoms with Crippen LogP contribution in [0, 0.1) is 0 Å². The summed E-state index contributed by atoms with van der Waals surface area (Å²) >= 11 is 0. The van der Waals surface area contributed by atoms with E-state index >= 15 is 0 Å². The summed E-state index contributed by atoms with van der Waals surface area (Å²) in [7, 11) is 0. The molecule has 3 rings (SSSR count). The van der Waals surface area contributed by atoms with Gasteiger partial charge in [-0.1, -0.05) is 30.3 Å². The number of amides is 1. The quantitative estimate of drug-likeness (QED) is 0.805. The van der Waals surface area contributed by atoms with Gasteiger partial charge in [0.05, 0.1) is 0 Å². The molecular formula is C13H14N6O. The second kappa shape index (κ2) is 4.86. The molecule has 1 unspecified atom stereocenters. The number of nitrogen functional groups attached to an aromatic ring is 1. The Labute approximate surface area is 115 Å². The Hall–Kier alpha value is -2.54. The Bertz CT molecular complexity index is 645. The molecule has 4 N–H and O–H groups in total. The van der Waals surface area contributed by atoms with Gasteiger partial charge in [-0.15, -0.1) is 0 Å². The fourth-order valence-electron chi connectivity index (χ4n) is 2.15. The third-order valence-electron chi connectivity index (χ3n) is 3.07. The van der Waals surface area contributed by atoms with Crippen LogP contribution in [0.1, 0.15) is 6.42 Å². The zero-order valence-electron chi connectivity index (χ0n) is 10.7. The summed E-state index contributed by atoms with van der Waals surface area (Å²) < 4.78 is 0. The first-order valence-electron chi connectivity index (χ1n) is 6.26. The summed E-state index contributed by atoms with van der Waals surface area (Å²) in [4.78, 5) is 25.8. The third kappa shape index (κ3) is 2.30. The molecule has 1 saturated heterocycles. The number of anilines is 2. The van der Waals surface area contributed by atoms with Crippen LogP contribution in [0.5, 0.6) is 0 Å². The minimum atomic E-state index is -0.194. The van der Waals surface area contributed by atoms with Crippen molar-refractivity contribution in [1.29, 1.82) is 0 Å². The van der Waals surface area contributed by atoms with Gasteiger partial charge in [-0.05, 0) is 0 Å². The zero-order valence-corrected chi connectivity index (χ0v) is 10.7. The van der Waals surface area contributed by atoms with E-state index in [1.54, 1.807) is 0 Å². The van der Waals surface area contributed by atoms with E-state index in [2.05, 4.69) is 15.0 Å². The van der Waals surface area contributed by atoms with Crippen LogP contribution in [0.25, 0.3) is 11.4 Å². The molecule has 1 aromatic heterocycles. The van der Waals surface area contributed by atoms with Gasteiger partial charge in [0.15, 0.2) is 5.82 Å². The molecule has 20 heavy (non-hydrogen) atoms. The SMILES string of the molecule is Nc1nc(-c2ccccc2)nc(N2CC(N)CC2=O)n1. The van der Waals surface area contributed by atoms with Crippen molar-refractivity contribution in [1.82, 2.24) is 15.0 Å². The molecule has 1 aliphatic heterocycles. The van der Waals surface area contributed by atoms with Crippen molar-refractivity contribution in [3.8, 4) is 11.4 Å². The van der Waals surface area contributed by atoms with Crippen molar-refractivity contribution in [3.63, 3.8) is 0 Å². The number of rotatable bonds is 2. The molecule has 1 amide bonds. The van der Waals surface area contributed by atoms with Gasteiger partial charge in [0.2, 0.25) is 17.8 Å². The topological polar surface area (TPSA) is 111 Å². The van der Waals surface area contributed by atoms with Crippen LogP contribution in [-0.4, -0.2) is 33.4 Å². The molecule has 102 valence electrons. The molecule has 2 heterocycles. The van der Waals surface area contributed by atoms with Crippen LogP contribution in [0.3, 0.4) is 0 Å². The second-order valence-electron chi connectivity index (χ2n) is 4.65. The summed E-state index contributed by atoms with van der Waals surface area (Å²) in [6, 6.07) is 9.21. The fraction of sp³-hybridized carbons (Fsp3) is 0.231. The van der Waals surface area contributed by atoms with Gasteiger partial charge in [0, 0.05) is 24.6 Å². The number of hydrogen-bond donors (Lipinski definition) is 2. The van der Waals surface area contributed by atoms with Gasteiger partial charge in [-0.3, -0.25) is 9.69 Å². The molecule has 1 fully saturated rings. The highest BCUT2D eigenvalue weighted by Crippen LogP contribution is 2.21. The molecule has 7 nitrogen and oxygen atoms in total. The Morgan fingerprint density at radius 1 is 1.15 bits per heavy atom. The first-order valence-corrected chi connectivity index (χ1v) is 6.26. The summed E-state index contributed by atoms with van der Waals surface area (Å²) in [6.07, 6.45) is 0.298. The Kier molecular flexibility index (Phi) is 3.03. The minimum Gasteiger partial charge on any atom is -0.368 e. The lowest BCUT2D eigenvalue weighted by Crippen LogP contribution is -2.30. The normalized spacial score (nSPS) is 18.6. The Balaban J connectivity index is 2.01. The van der Waals surface area contributed by atoms with Gasteiger partial charge < -0.3 is 11.5 Å². The molecule has 0 bridgehead atoms. The van der Waals surface area contributed by atoms with Crippen LogP contribution in [-0.2, 0) is 4.79 Å². The standard InChI is InChI=1S/C13H14N6O/c14-9-6-10(20)19(7-9)13-17-11(16-12(15)18-13)8-4-2-1-3-5-8/h1-5,9H,6-7,14H2,(H2,15,16,17,18). The van der Waals surface area contributed by atoms with Gasteiger partial charge in [-0.25, -0.2) is 0 Å². The first-order chi connectivity index (χ1) is 9.63. The summed E-state index contributed by atoms with van der Waals surface area (Å²) in [6.45, 7) is 0.399. The molecular weight excluding hydrogens is 256 g/mol. The van der Waals surface area contributed by atoms with Gasteiger partial charge >= 0.3 is 0 Å². The van der Waals surface area contributed by atoms with E-state index in [-0.39, 0.29) is 23.8 Å². The largest absolute Gasteiger partial charge is 0.368 e. The average Bonchev–Trinajstić information content (AvgIpc) is 2.78. The second-order valence-corrected chi connectivity index (χ2v) is 4.65. The predicted octanol–water partition coefficient (Wildman–Crippen LogP) is 0.185. The van der Waals surface area contributed by atoms with E-state index in [1.807, 2.05) is 30.3 Å². The average molecular weight is 270 g/mol. The highest BCUT2D eigenvalue weighted by molar-refractivity contribution is 5.94. The monoisotopic (exact) mass is 270 g/mol. The lowest BCUT2D eigenvalue weighted by molar-refractivity contribution is -0.117. The van der Waals surface area contributed by atoms with E-state index in [4.69, 9.17) is 11.5 Å². The van der Waals surface area contributed by atoms with Crippen LogP contribution in [0.15, 0.2) is 30.3 Å². The number of nitrogens with two attached hydrogens (primary N) is 2. The van der Waals surface area contributed by atoms with E-state index < -0.39 is 0 Å². The Morgan fingerprint density at radius 2 is 1.90 bits per heavy atom. The maximum atomic E-state index is 11.8. The number of aromatic nitrogens is 3. The molecule has 1 aliphatic rings. The van der Waals surface area contributed by atoms with Crippen molar-refractivity contribution in [2.45, 2.75) is 12.5 Å². The molecule has 0 radical (unpaired) electrons.